The highest BCUT2D eigenvalue weighted by Gasteiger charge is 2.19. The molecule has 1 saturated carbocycles. The van der Waals surface area contributed by atoms with E-state index in [1.807, 2.05) is 0 Å². The minimum Gasteiger partial charge on any atom is -0.506 e. The molecule has 1 fully saturated rings. The number of carbonyl (C=O) groups is 2. The van der Waals surface area contributed by atoms with Crippen molar-refractivity contribution in [3.63, 3.8) is 0 Å². The number of ether oxygens (including phenoxy) is 1. The van der Waals surface area contributed by atoms with Gasteiger partial charge in [0.1, 0.15) is 17.1 Å². The van der Waals surface area contributed by atoms with Crippen LogP contribution in [0, 0.1) is 11.3 Å². The van der Waals surface area contributed by atoms with Gasteiger partial charge in [0.05, 0.1) is 13.0 Å². The van der Waals surface area contributed by atoms with E-state index in [2.05, 4.69) is 0 Å². The molecule has 1 aliphatic rings. The summed E-state index contributed by atoms with van der Waals surface area (Å²) in [5, 5.41) is 34.5. The van der Waals surface area contributed by atoms with E-state index < -0.39 is 23.3 Å². The molecule has 1 aromatic carbocycles. The van der Waals surface area contributed by atoms with Crippen LogP contribution in [-0.4, -0.2) is 40.1 Å². The fraction of sp³-hybridized carbons (Fsp3) is 0.421. The third kappa shape index (κ3) is 6.23. The van der Waals surface area contributed by atoms with Gasteiger partial charge in [0.15, 0.2) is 0 Å². The number of aliphatic carboxylic acids is 2. The molecule has 142 valence electrons. The predicted octanol–water partition coefficient (Wildman–Crippen LogP) is 3.74. The van der Waals surface area contributed by atoms with E-state index in [4.69, 9.17) is 20.4 Å². The van der Waals surface area contributed by atoms with Crippen LogP contribution in [0.15, 0.2) is 29.8 Å². The van der Waals surface area contributed by atoms with Crippen molar-refractivity contribution < 1.29 is 29.6 Å². The number of rotatable bonds is 5. The van der Waals surface area contributed by atoms with E-state index in [1.54, 1.807) is 12.1 Å². The van der Waals surface area contributed by atoms with E-state index in [0.29, 0.717) is 11.3 Å². The van der Waals surface area contributed by atoms with Gasteiger partial charge in [-0.15, -0.1) is 0 Å². The van der Waals surface area contributed by atoms with Gasteiger partial charge >= 0.3 is 11.9 Å². The summed E-state index contributed by atoms with van der Waals surface area (Å²) in [5.41, 5.74) is -0.282. The minimum atomic E-state index is -1.33. The molecular weight excluding hydrogens is 338 g/mol. The number of aliphatic hydroxyl groups excluding tert-OH is 1. The maximum Gasteiger partial charge on any atom is 0.341 e. The van der Waals surface area contributed by atoms with Gasteiger partial charge in [-0.3, -0.25) is 4.79 Å². The number of carboxylic acid groups (broad SMARTS) is 2. The SMILES string of the molecule is COc1ccc(/C(O)=C(/C(C)=N)C(=O)O)cc1.O=C(O)C1CCCCC1. The van der Waals surface area contributed by atoms with Crippen LogP contribution in [0.1, 0.15) is 44.6 Å². The third-order valence-corrected chi connectivity index (χ3v) is 4.14. The third-order valence-electron chi connectivity index (χ3n) is 4.14. The molecule has 0 heterocycles. The Hall–Kier alpha value is -2.83. The summed E-state index contributed by atoms with van der Waals surface area (Å²) in [7, 11) is 1.51. The molecule has 0 atom stereocenters. The van der Waals surface area contributed by atoms with E-state index in [9.17, 15) is 14.7 Å². The van der Waals surface area contributed by atoms with E-state index in [0.717, 1.165) is 25.7 Å². The molecule has 26 heavy (non-hydrogen) atoms. The fourth-order valence-corrected chi connectivity index (χ4v) is 2.68. The van der Waals surface area contributed by atoms with Crippen molar-refractivity contribution in [1.82, 2.24) is 0 Å². The lowest BCUT2D eigenvalue weighted by Crippen LogP contribution is -2.16. The Morgan fingerprint density at radius 2 is 1.58 bits per heavy atom. The minimum absolute atomic E-state index is 0.0289. The average Bonchev–Trinajstić information content (AvgIpc) is 2.62. The second-order valence-electron chi connectivity index (χ2n) is 6.06. The number of nitrogens with one attached hydrogen (secondary N) is 1. The summed E-state index contributed by atoms with van der Waals surface area (Å²) in [6.07, 6.45) is 5.24. The fourth-order valence-electron chi connectivity index (χ4n) is 2.68. The second-order valence-corrected chi connectivity index (χ2v) is 6.06. The van der Waals surface area contributed by atoms with Crippen LogP contribution in [0.25, 0.3) is 5.76 Å². The monoisotopic (exact) mass is 363 g/mol. The Morgan fingerprint density at radius 1 is 1.04 bits per heavy atom. The zero-order chi connectivity index (χ0) is 19.7. The van der Waals surface area contributed by atoms with Crippen molar-refractivity contribution in [2.75, 3.05) is 7.11 Å². The van der Waals surface area contributed by atoms with Gasteiger partial charge in [-0.2, -0.15) is 0 Å². The summed E-state index contributed by atoms with van der Waals surface area (Å²) >= 11 is 0. The van der Waals surface area contributed by atoms with Crippen molar-refractivity contribution in [3.8, 4) is 5.75 Å². The molecule has 7 heteroatoms. The lowest BCUT2D eigenvalue weighted by Gasteiger charge is -2.16. The zero-order valence-electron chi connectivity index (χ0n) is 15.0. The number of methoxy groups -OCH3 is 1. The first-order valence-electron chi connectivity index (χ1n) is 8.37. The van der Waals surface area contributed by atoms with E-state index in [1.165, 1.54) is 32.6 Å². The smallest absolute Gasteiger partial charge is 0.341 e. The quantitative estimate of drug-likeness (QED) is 0.358. The molecule has 1 aromatic rings. The molecule has 0 aromatic heterocycles. The summed E-state index contributed by atoms with van der Waals surface area (Å²) in [6.45, 7) is 1.31. The molecule has 0 radical (unpaired) electrons. The maximum absolute atomic E-state index is 10.9. The summed E-state index contributed by atoms with van der Waals surface area (Å²) in [5.74, 6) is -1.78. The van der Waals surface area contributed by atoms with Gasteiger partial charge in [-0.25, -0.2) is 4.79 Å². The second kappa shape index (κ2) is 10.2. The zero-order valence-corrected chi connectivity index (χ0v) is 15.0. The van der Waals surface area contributed by atoms with Crippen LogP contribution < -0.4 is 4.74 Å². The van der Waals surface area contributed by atoms with Crippen LogP contribution in [0.5, 0.6) is 5.75 Å². The Bertz CT molecular complexity index is 656. The van der Waals surface area contributed by atoms with E-state index >= 15 is 0 Å². The molecule has 0 bridgehead atoms. The Labute approximate surface area is 152 Å². The normalized spacial score (nSPS) is 15.2. The van der Waals surface area contributed by atoms with Crippen molar-refractivity contribution in [1.29, 1.82) is 5.41 Å². The number of carboxylic acids is 2. The highest BCUT2D eigenvalue weighted by molar-refractivity contribution is 6.21. The van der Waals surface area contributed by atoms with Crippen molar-refractivity contribution in [3.05, 3.63) is 35.4 Å². The van der Waals surface area contributed by atoms with Crippen molar-refractivity contribution in [2.45, 2.75) is 39.0 Å². The Kier molecular flexibility index (Phi) is 8.34. The molecule has 0 saturated heterocycles. The molecule has 4 N–H and O–H groups in total. The molecule has 2 rings (SSSR count). The highest BCUT2D eigenvalue weighted by Crippen LogP contribution is 2.23. The molecule has 0 aliphatic heterocycles. The summed E-state index contributed by atoms with van der Waals surface area (Å²) in [4.78, 5) is 21.2. The number of benzene rings is 1. The number of hydrogen-bond donors (Lipinski definition) is 4. The summed E-state index contributed by atoms with van der Waals surface area (Å²) in [6, 6.07) is 6.26. The number of aliphatic hydroxyl groups is 1. The maximum atomic E-state index is 10.9. The topological polar surface area (TPSA) is 128 Å². The molecule has 1 aliphatic carbocycles. The van der Waals surface area contributed by atoms with E-state index in [-0.39, 0.29) is 11.6 Å². The number of hydrogen-bond acceptors (Lipinski definition) is 5. The molecule has 7 nitrogen and oxygen atoms in total. The first kappa shape index (κ1) is 21.2. The van der Waals surface area contributed by atoms with Gasteiger partial charge in [-0.05, 0) is 44.0 Å². The average molecular weight is 363 g/mol. The van der Waals surface area contributed by atoms with Crippen LogP contribution in [0.3, 0.4) is 0 Å². The lowest BCUT2D eigenvalue weighted by molar-refractivity contribution is -0.142. The van der Waals surface area contributed by atoms with Crippen LogP contribution in [0.2, 0.25) is 0 Å². The largest absolute Gasteiger partial charge is 0.506 e. The van der Waals surface area contributed by atoms with Crippen LogP contribution in [0.4, 0.5) is 0 Å². The first-order valence-corrected chi connectivity index (χ1v) is 8.37. The lowest BCUT2D eigenvalue weighted by atomic mass is 9.90. The Balaban J connectivity index is 0.000000314. The predicted molar refractivity (Wildman–Crippen MR) is 97.8 cm³/mol. The summed E-state index contributed by atoms with van der Waals surface area (Å²) < 4.78 is 4.95. The molecule has 0 spiro atoms. The van der Waals surface area contributed by atoms with Crippen molar-refractivity contribution >= 4 is 23.4 Å². The first-order chi connectivity index (χ1) is 12.3. The molecule has 0 amide bonds. The molecule has 0 unspecified atom stereocenters. The van der Waals surface area contributed by atoms with Crippen LogP contribution in [-0.2, 0) is 9.59 Å². The Morgan fingerprint density at radius 3 is 1.92 bits per heavy atom. The molecular formula is C19H25NO6. The van der Waals surface area contributed by atoms with Gasteiger partial charge in [0, 0.05) is 11.3 Å². The highest BCUT2D eigenvalue weighted by atomic mass is 16.5. The van der Waals surface area contributed by atoms with Gasteiger partial charge in [0.25, 0.3) is 0 Å². The van der Waals surface area contributed by atoms with Crippen LogP contribution >= 0.6 is 0 Å². The van der Waals surface area contributed by atoms with Crippen molar-refractivity contribution in [2.24, 2.45) is 5.92 Å². The van der Waals surface area contributed by atoms with Gasteiger partial charge < -0.3 is 25.5 Å². The standard InChI is InChI=1S/C12H13NO4.C7H12O2/c1-7(13)10(12(15)16)11(14)8-3-5-9(17-2)6-4-8;8-7(9)6-4-2-1-3-5-6/h3-6,13-14H,1-2H3,(H,15,16);6H,1-5H2,(H,8,9)/b11-10+,13-7?;. The van der Waals surface area contributed by atoms with Gasteiger partial charge in [-0.1, -0.05) is 19.3 Å². The van der Waals surface area contributed by atoms with Gasteiger partial charge in [0.2, 0.25) is 0 Å².